The van der Waals surface area contributed by atoms with Crippen LogP contribution in [0.2, 0.25) is 0 Å². The molecule has 2 aromatic carbocycles. The van der Waals surface area contributed by atoms with E-state index >= 15 is 0 Å². The van der Waals surface area contributed by atoms with Crippen LogP contribution in [0.15, 0.2) is 48.5 Å². The number of hydrogen-bond donors (Lipinski definition) is 3. The van der Waals surface area contributed by atoms with Crippen molar-refractivity contribution in [1.82, 2.24) is 5.32 Å². The molecule has 0 aliphatic heterocycles. The van der Waals surface area contributed by atoms with E-state index in [1.165, 1.54) is 0 Å². The van der Waals surface area contributed by atoms with Crippen LogP contribution in [0.5, 0.6) is 11.5 Å². The lowest BCUT2D eigenvalue weighted by atomic mass is 10.1. The molecule has 0 aliphatic carbocycles. The van der Waals surface area contributed by atoms with E-state index in [-0.39, 0.29) is 24.8 Å². The molecule has 0 atom stereocenters. The summed E-state index contributed by atoms with van der Waals surface area (Å²) in [6.07, 6.45) is 0.158. The third-order valence-corrected chi connectivity index (χ3v) is 3.53. The number of amides is 2. The number of nitrogens with one attached hydrogen (secondary N) is 2. The SMILES string of the molecule is COc1ccc(OCCC(=O)Nc2ccccc2C(=O)NCCN)cc1. The van der Waals surface area contributed by atoms with Crippen molar-refractivity contribution >= 4 is 17.5 Å². The second kappa shape index (κ2) is 10.0. The van der Waals surface area contributed by atoms with Gasteiger partial charge in [-0.15, -0.1) is 0 Å². The lowest BCUT2D eigenvalue weighted by molar-refractivity contribution is -0.116. The Morgan fingerprint density at radius 2 is 1.73 bits per heavy atom. The summed E-state index contributed by atoms with van der Waals surface area (Å²) in [6.45, 7) is 0.944. The lowest BCUT2D eigenvalue weighted by Gasteiger charge is -2.11. The molecule has 0 saturated carbocycles. The third kappa shape index (κ3) is 5.78. The monoisotopic (exact) mass is 357 g/mol. The van der Waals surface area contributed by atoms with E-state index in [0.29, 0.717) is 30.1 Å². The molecular formula is C19H23N3O4. The Labute approximate surface area is 152 Å². The van der Waals surface area contributed by atoms with Crippen LogP contribution in [0.1, 0.15) is 16.8 Å². The first-order valence-electron chi connectivity index (χ1n) is 8.28. The summed E-state index contributed by atoms with van der Waals surface area (Å²) in [4.78, 5) is 24.2. The summed E-state index contributed by atoms with van der Waals surface area (Å²) in [6, 6.07) is 13.9. The molecule has 26 heavy (non-hydrogen) atoms. The third-order valence-electron chi connectivity index (χ3n) is 3.53. The van der Waals surface area contributed by atoms with E-state index in [1.54, 1.807) is 55.6 Å². The first-order chi connectivity index (χ1) is 12.6. The van der Waals surface area contributed by atoms with E-state index in [9.17, 15) is 9.59 Å². The van der Waals surface area contributed by atoms with Crippen LogP contribution in [0.4, 0.5) is 5.69 Å². The number of carbonyl (C=O) groups is 2. The number of rotatable bonds is 9. The van der Waals surface area contributed by atoms with Crippen molar-refractivity contribution < 1.29 is 19.1 Å². The van der Waals surface area contributed by atoms with Gasteiger partial charge in [-0.3, -0.25) is 9.59 Å². The summed E-state index contributed by atoms with van der Waals surface area (Å²) in [5.41, 5.74) is 6.24. The molecular weight excluding hydrogens is 334 g/mol. The quantitative estimate of drug-likeness (QED) is 0.635. The van der Waals surface area contributed by atoms with Crippen molar-refractivity contribution in [2.75, 3.05) is 32.1 Å². The van der Waals surface area contributed by atoms with E-state index in [0.717, 1.165) is 5.75 Å². The molecule has 2 rings (SSSR count). The molecule has 138 valence electrons. The van der Waals surface area contributed by atoms with E-state index in [4.69, 9.17) is 15.2 Å². The van der Waals surface area contributed by atoms with Gasteiger partial charge in [-0.25, -0.2) is 0 Å². The minimum atomic E-state index is -0.277. The molecule has 4 N–H and O–H groups in total. The lowest BCUT2D eigenvalue weighted by Crippen LogP contribution is -2.30. The van der Waals surface area contributed by atoms with Crippen LogP contribution in [0.3, 0.4) is 0 Å². The molecule has 2 aromatic rings. The predicted octanol–water partition coefficient (Wildman–Crippen LogP) is 1.79. The molecule has 7 nitrogen and oxygen atoms in total. The van der Waals surface area contributed by atoms with Crippen LogP contribution in [-0.4, -0.2) is 38.6 Å². The summed E-state index contributed by atoms with van der Waals surface area (Å²) in [5, 5.41) is 5.43. The van der Waals surface area contributed by atoms with Gasteiger partial charge in [-0.05, 0) is 36.4 Å². The largest absolute Gasteiger partial charge is 0.497 e. The highest BCUT2D eigenvalue weighted by molar-refractivity contribution is 6.03. The molecule has 0 radical (unpaired) electrons. The van der Waals surface area contributed by atoms with Gasteiger partial charge in [0, 0.05) is 13.1 Å². The summed E-state index contributed by atoms with van der Waals surface area (Å²) in [5.74, 6) is 0.873. The maximum Gasteiger partial charge on any atom is 0.253 e. The molecule has 7 heteroatoms. The number of carbonyl (C=O) groups excluding carboxylic acids is 2. The highest BCUT2D eigenvalue weighted by atomic mass is 16.5. The molecule has 0 unspecified atom stereocenters. The molecule has 0 heterocycles. The van der Waals surface area contributed by atoms with Gasteiger partial charge in [0.1, 0.15) is 11.5 Å². The van der Waals surface area contributed by atoms with Crippen molar-refractivity contribution in [3.63, 3.8) is 0 Å². The van der Waals surface area contributed by atoms with Crippen molar-refractivity contribution in [1.29, 1.82) is 0 Å². The van der Waals surface area contributed by atoms with E-state index in [1.807, 2.05) is 0 Å². The molecule has 2 amide bonds. The summed E-state index contributed by atoms with van der Waals surface area (Å²) < 4.78 is 10.6. The van der Waals surface area contributed by atoms with Crippen LogP contribution >= 0.6 is 0 Å². The number of hydrogen-bond acceptors (Lipinski definition) is 5. The first-order valence-corrected chi connectivity index (χ1v) is 8.28. The van der Waals surface area contributed by atoms with Gasteiger partial charge in [-0.2, -0.15) is 0 Å². The number of ether oxygens (including phenoxy) is 2. The Morgan fingerprint density at radius 3 is 2.42 bits per heavy atom. The minimum Gasteiger partial charge on any atom is -0.497 e. The zero-order valence-corrected chi connectivity index (χ0v) is 14.7. The fourth-order valence-electron chi connectivity index (χ4n) is 2.22. The van der Waals surface area contributed by atoms with Crippen LogP contribution in [-0.2, 0) is 4.79 Å². The van der Waals surface area contributed by atoms with Gasteiger partial charge in [0.2, 0.25) is 5.91 Å². The fourth-order valence-corrected chi connectivity index (χ4v) is 2.22. The van der Waals surface area contributed by atoms with Crippen molar-refractivity contribution in [3.05, 3.63) is 54.1 Å². The Hall–Kier alpha value is -3.06. The normalized spacial score (nSPS) is 10.1. The molecule has 0 aromatic heterocycles. The highest BCUT2D eigenvalue weighted by Gasteiger charge is 2.12. The van der Waals surface area contributed by atoms with Crippen molar-refractivity contribution in [2.24, 2.45) is 5.73 Å². The summed E-state index contributed by atoms with van der Waals surface area (Å²) in [7, 11) is 1.59. The van der Waals surface area contributed by atoms with Crippen molar-refractivity contribution in [2.45, 2.75) is 6.42 Å². The fraction of sp³-hybridized carbons (Fsp3) is 0.263. The smallest absolute Gasteiger partial charge is 0.253 e. The molecule has 0 fully saturated rings. The second-order valence-corrected chi connectivity index (χ2v) is 5.41. The molecule has 0 spiro atoms. The van der Waals surface area contributed by atoms with Gasteiger partial charge in [0.25, 0.3) is 5.91 Å². The van der Waals surface area contributed by atoms with Gasteiger partial charge in [0.15, 0.2) is 0 Å². The maximum absolute atomic E-state index is 12.1. The Morgan fingerprint density at radius 1 is 1.04 bits per heavy atom. The van der Waals surface area contributed by atoms with Crippen LogP contribution in [0, 0.1) is 0 Å². The standard InChI is InChI=1S/C19H23N3O4/c1-25-14-6-8-15(9-7-14)26-13-10-18(23)22-17-5-3-2-4-16(17)19(24)21-12-11-20/h2-9H,10-13,20H2,1H3,(H,21,24)(H,22,23). The summed E-state index contributed by atoms with van der Waals surface area (Å²) >= 11 is 0. The second-order valence-electron chi connectivity index (χ2n) is 5.41. The molecule has 0 bridgehead atoms. The zero-order valence-electron chi connectivity index (χ0n) is 14.7. The molecule has 0 saturated heterocycles. The number of benzene rings is 2. The first kappa shape index (κ1) is 19.3. The van der Waals surface area contributed by atoms with E-state index in [2.05, 4.69) is 10.6 Å². The predicted molar refractivity (Wildman–Crippen MR) is 99.6 cm³/mol. The van der Waals surface area contributed by atoms with Crippen LogP contribution in [0.25, 0.3) is 0 Å². The van der Waals surface area contributed by atoms with Gasteiger partial charge in [0.05, 0.1) is 31.4 Å². The number of methoxy groups -OCH3 is 1. The Kier molecular flexibility index (Phi) is 7.45. The van der Waals surface area contributed by atoms with Crippen molar-refractivity contribution in [3.8, 4) is 11.5 Å². The minimum absolute atomic E-state index is 0.158. The number of para-hydroxylation sites is 1. The Bertz CT molecular complexity index is 732. The Balaban J connectivity index is 1.86. The number of anilines is 1. The van der Waals surface area contributed by atoms with Gasteiger partial charge in [-0.1, -0.05) is 12.1 Å². The highest BCUT2D eigenvalue weighted by Crippen LogP contribution is 2.18. The molecule has 0 aliphatic rings. The van der Waals surface area contributed by atoms with Gasteiger partial charge < -0.3 is 25.8 Å². The van der Waals surface area contributed by atoms with E-state index < -0.39 is 0 Å². The zero-order chi connectivity index (χ0) is 18.8. The maximum atomic E-state index is 12.1. The average Bonchev–Trinajstić information content (AvgIpc) is 2.67. The van der Waals surface area contributed by atoms with Crippen LogP contribution < -0.4 is 25.8 Å². The van der Waals surface area contributed by atoms with Gasteiger partial charge >= 0.3 is 0 Å². The average molecular weight is 357 g/mol. The topological polar surface area (TPSA) is 103 Å². The number of nitrogens with two attached hydrogens (primary N) is 1.